The van der Waals surface area contributed by atoms with E-state index in [9.17, 15) is 4.79 Å². The monoisotopic (exact) mass is 247 g/mol. The van der Waals surface area contributed by atoms with Gasteiger partial charge in [-0.3, -0.25) is 9.69 Å². The van der Waals surface area contributed by atoms with Crippen molar-refractivity contribution in [3.63, 3.8) is 0 Å². The van der Waals surface area contributed by atoms with Crippen molar-refractivity contribution in [3.8, 4) is 0 Å². The lowest BCUT2D eigenvalue weighted by atomic mass is 10.1. The van der Waals surface area contributed by atoms with Crippen molar-refractivity contribution in [1.29, 1.82) is 0 Å². The summed E-state index contributed by atoms with van der Waals surface area (Å²) in [5.74, 6) is 0.172. The van der Waals surface area contributed by atoms with Gasteiger partial charge in [0.05, 0.1) is 0 Å². The maximum Gasteiger partial charge on any atom is 0.219 e. The lowest BCUT2D eigenvalue weighted by Gasteiger charge is -2.37. The Kier molecular flexibility index (Phi) is 3.87. The van der Waals surface area contributed by atoms with Gasteiger partial charge in [-0.05, 0) is 24.6 Å². The van der Waals surface area contributed by atoms with Gasteiger partial charge in [0, 0.05) is 44.8 Å². The molecule has 0 saturated carbocycles. The lowest BCUT2D eigenvalue weighted by Crippen LogP contribution is -2.48. The molecule has 1 aromatic rings. The molecule has 0 aromatic heterocycles. The minimum Gasteiger partial charge on any atom is -0.399 e. The van der Waals surface area contributed by atoms with Gasteiger partial charge in [0.1, 0.15) is 0 Å². The quantitative estimate of drug-likeness (QED) is 0.806. The van der Waals surface area contributed by atoms with Crippen LogP contribution in [0.2, 0.25) is 0 Å². The average molecular weight is 247 g/mol. The van der Waals surface area contributed by atoms with E-state index in [0.29, 0.717) is 6.04 Å². The molecule has 1 amide bonds. The van der Waals surface area contributed by atoms with Crippen LogP contribution >= 0.6 is 0 Å². The third kappa shape index (κ3) is 2.82. The number of hydrogen-bond donors (Lipinski definition) is 1. The molecule has 4 heteroatoms. The predicted molar refractivity (Wildman–Crippen MR) is 73.1 cm³/mol. The summed E-state index contributed by atoms with van der Waals surface area (Å²) in [5, 5.41) is 0. The van der Waals surface area contributed by atoms with Gasteiger partial charge >= 0.3 is 0 Å². The van der Waals surface area contributed by atoms with Crippen LogP contribution in [0.25, 0.3) is 0 Å². The number of carbonyl (C=O) groups is 1. The summed E-state index contributed by atoms with van der Waals surface area (Å²) < 4.78 is 0. The standard InChI is InChI=1S/C14H21N3O/c1-11(13-4-3-5-14(15)10-13)16-6-8-17(9-7-16)12(2)18/h3-5,10-11H,6-9,15H2,1-2H3. The number of amides is 1. The number of nitrogens with two attached hydrogens (primary N) is 1. The maximum absolute atomic E-state index is 11.3. The van der Waals surface area contributed by atoms with E-state index in [2.05, 4.69) is 17.9 Å². The lowest BCUT2D eigenvalue weighted by molar-refractivity contribution is -0.130. The molecule has 0 radical (unpaired) electrons. The second-order valence-corrected chi connectivity index (χ2v) is 4.89. The first kappa shape index (κ1) is 12.9. The molecule has 1 unspecified atom stereocenters. The van der Waals surface area contributed by atoms with Gasteiger partial charge in [0.15, 0.2) is 0 Å². The van der Waals surface area contributed by atoms with Gasteiger partial charge < -0.3 is 10.6 Å². The highest BCUT2D eigenvalue weighted by molar-refractivity contribution is 5.73. The fourth-order valence-corrected chi connectivity index (χ4v) is 2.45. The van der Waals surface area contributed by atoms with Crippen molar-refractivity contribution in [3.05, 3.63) is 29.8 Å². The van der Waals surface area contributed by atoms with E-state index in [4.69, 9.17) is 5.73 Å². The van der Waals surface area contributed by atoms with Crippen molar-refractivity contribution in [1.82, 2.24) is 9.80 Å². The van der Waals surface area contributed by atoms with Gasteiger partial charge in [-0.25, -0.2) is 0 Å². The minimum absolute atomic E-state index is 0.172. The normalized spacial score (nSPS) is 18.7. The van der Waals surface area contributed by atoms with Crippen LogP contribution in [0.5, 0.6) is 0 Å². The van der Waals surface area contributed by atoms with Crippen molar-refractivity contribution in [2.75, 3.05) is 31.9 Å². The number of rotatable bonds is 2. The van der Waals surface area contributed by atoms with Crippen LogP contribution in [-0.2, 0) is 4.79 Å². The highest BCUT2D eigenvalue weighted by Gasteiger charge is 2.22. The zero-order valence-electron chi connectivity index (χ0n) is 11.1. The molecule has 1 atom stereocenters. The second-order valence-electron chi connectivity index (χ2n) is 4.89. The van der Waals surface area contributed by atoms with Gasteiger partial charge in [0.25, 0.3) is 0 Å². The van der Waals surface area contributed by atoms with Crippen LogP contribution in [0.15, 0.2) is 24.3 Å². The molecule has 2 N–H and O–H groups in total. The van der Waals surface area contributed by atoms with Gasteiger partial charge in [-0.15, -0.1) is 0 Å². The van der Waals surface area contributed by atoms with Crippen molar-refractivity contribution in [2.45, 2.75) is 19.9 Å². The Hall–Kier alpha value is -1.55. The highest BCUT2D eigenvalue weighted by atomic mass is 16.2. The largest absolute Gasteiger partial charge is 0.399 e. The zero-order valence-corrected chi connectivity index (χ0v) is 11.1. The third-order valence-electron chi connectivity index (χ3n) is 3.70. The van der Waals surface area contributed by atoms with Crippen LogP contribution < -0.4 is 5.73 Å². The molecule has 4 nitrogen and oxygen atoms in total. The van der Waals surface area contributed by atoms with E-state index >= 15 is 0 Å². The summed E-state index contributed by atoms with van der Waals surface area (Å²) in [4.78, 5) is 15.6. The Labute approximate surface area is 108 Å². The van der Waals surface area contributed by atoms with Crippen LogP contribution in [0, 0.1) is 0 Å². The van der Waals surface area contributed by atoms with E-state index in [0.717, 1.165) is 31.9 Å². The summed E-state index contributed by atoms with van der Waals surface area (Å²) in [5.41, 5.74) is 7.87. The molecule has 1 aliphatic rings. The Morgan fingerprint density at radius 2 is 1.94 bits per heavy atom. The van der Waals surface area contributed by atoms with E-state index in [1.807, 2.05) is 23.1 Å². The molecule has 1 aliphatic heterocycles. The van der Waals surface area contributed by atoms with Gasteiger partial charge in [-0.1, -0.05) is 12.1 Å². The van der Waals surface area contributed by atoms with Gasteiger partial charge in [-0.2, -0.15) is 0 Å². The Balaban J connectivity index is 1.99. The minimum atomic E-state index is 0.172. The van der Waals surface area contributed by atoms with Crippen LogP contribution in [-0.4, -0.2) is 41.9 Å². The Morgan fingerprint density at radius 3 is 2.50 bits per heavy atom. The van der Waals surface area contributed by atoms with Crippen LogP contribution in [0.1, 0.15) is 25.5 Å². The molecule has 2 rings (SSSR count). The molecular weight excluding hydrogens is 226 g/mol. The van der Waals surface area contributed by atoms with E-state index < -0.39 is 0 Å². The number of nitrogen functional groups attached to an aromatic ring is 1. The first-order valence-electron chi connectivity index (χ1n) is 6.43. The summed E-state index contributed by atoms with van der Waals surface area (Å²) in [7, 11) is 0. The number of nitrogens with zero attached hydrogens (tertiary/aromatic N) is 2. The Bertz CT molecular complexity index is 425. The summed E-state index contributed by atoms with van der Waals surface area (Å²) >= 11 is 0. The first-order valence-corrected chi connectivity index (χ1v) is 6.43. The summed E-state index contributed by atoms with van der Waals surface area (Å²) in [6.45, 7) is 7.32. The van der Waals surface area contributed by atoms with E-state index in [1.165, 1.54) is 5.56 Å². The van der Waals surface area contributed by atoms with E-state index in [1.54, 1.807) is 6.92 Å². The van der Waals surface area contributed by atoms with Crippen molar-refractivity contribution < 1.29 is 4.79 Å². The fourth-order valence-electron chi connectivity index (χ4n) is 2.45. The number of hydrogen-bond acceptors (Lipinski definition) is 3. The summed E-state index contributed by atoms with van der Waals surface area (Å²) in [6, 6.07) is 8.39. The first-order chi connectivity index (χ1) is 8.58. The molecule has 0 spiro atoms. The molecule has 0 aliphatic carbocycles. The molecule has 0 bridgehead atoms. The highest BCUT2D eigenvalue weighted by Crippen LogP contribution is 2.23. The number of benzene rings is 1. The number of carbonyl (C=O) groups excluding carboxylic acids is 1. The Morgan fingerprint density at radius 1 is 1.28 bits per heavy atom. The van der Waals surface area contributed by atoms with Crippen LogP contribution in [0.3, 0.4) is 0 Å². The third-order valence-corrected chi connectivity index (χ3v) is 3.70. The molecule has 1 saturated heterocycles. The predicted octanol–water partition coefficient (Wildman–Crippen LogP) is 1.49. The van der Waals surface area contributed by atoms with Crippen molar-refractivity contribution >= 4 is 11.6 Å². The maximum atomic E-state index is 11.3. The second kappa shape index (κ2) is 5.40. The smallest absolute Gasteiger partial charge is 0.219 e. The number of piperazine rings is 1. The molecule has 18 heavy (non-hydrogen) atoms. The fraction of sp³-hybridized carbons (Fsp3) is 0.500. The van der Waals surface area contributed by atoms with Crippen LogP contribution in [0.4, 0.5) is 5.69 Å². The zero-order chi connectivity index (χ0) is 13.1. The van der Waals surface area contributed by atoms with Gasteiger partial charge in [0.2, 0.25) is 5.91 Å². The number of anilines is 1. The molecule has 98 valence electrons. The van der Waals surface area contributed by atoms with E-state index in [-0.39, 0.29) is 5.91 Å². The molecule has 1 aromatic carbocycles. The molecule has 1 fully saturated rings. The average Bonchev–Trinajstić information content (AvgIpc) is 2.38. The molecule has 1 heterocycles. The summed E-state index contributed by atoms with van der Waals surface area (Å²) in [6.07, 6.45) is 0. The molecular formula is C14H21N3O. The SMILES string of the molecule is CC(=O)N1CCN(C(C)c2cccc(N)c2)CC1. The van der Waals surface area contributed by atoms with Crippen molar-refractivity contribution in [2.24, 2.45) is 0 Å². The topological polar surface area (TPSA) is 49.6 Å².